The quantitative estimate of drug-likeness (QED) is 0.581. The van der Waals surface area contributed by atoms with Crippen molar-refractivity contribution in [2.75, 3.05) is 12.4 Å². The summed E-state index contributed by atoms with van der Waals surface area (Å²) in [5.41, 5.74) is 0.891. The molecule has 0 aromatic heterocycles. The maximum Gasteiger partial charge on any atom is 0.256 e. The van der Waals surface area contributed by atoms with E-state index in [1.807, 2.05) is 6.92 Å². The van der Waals surface area contributed by atoms with Gasteiger partial charge in [-0.1, -0.05) is 35.9 Å². The van der Waals surface area contributed by atoms with Crippen LogP contribution in [0.5, 0.6) is 0 Å². The van der Waals surface area contributed by atoms with Crippen LogP contribution >= 0.6 is 11.6 Å². The van der Waals surface area contributed by atoms with Gasteiger partial charge in [0.2, 0.25) is 0 Å². The lowest BCUT2D eigenvalue weighted by Crippen LogP contribution is -2.46. The van der Waals surface area contributed by atoms with E-state index in [9.17, 15) is 16.8 Å². The van der Waals surface area contributed by atoms with Gasteiger partial charge >= 0.3 is 0 Å². The molecule has 0 saturated carbocycles. The van der Waals surface area contributed by atoms with Crippen molar-refractivity contribution in [3.8, 4) is 0 Å². The molecule has 6 nitrogen and oxygen atoms in total. The second kappa shape index (κ2) is 7.62. The molecule has 0 spiro atoms. The lowest BCUT2D eigenvalue weighted by atomic mass is 10.2. The van der Waals surface area contributed by atoms with Crippen molar-refractivity contribution >= 4 is 31.6 Å². The highest BCUT2D eigenvalue weighted by molar-refractivity contribution is 7.92. The number of halogens is 1. The van der Waals surface area contributed by atoms with E-state index >= 15 is 0 Å². The van der Waals surface area contributed by atoms with Crippen molar-refractivity contribution in [1.82, 2.24) is 9.25 Å². The van der Waals surface area contributed by atoms with Crippen LogP contribution in [0.4, 0.5) is 0 Å². The Hall–Kier alpha value is -1.45. The molecule has 0 amide bonds. The first-order valence-corrected chi connectivity index (χ1v) is 10.5. The molecule has 0 radical (unpaired) electrons. The number of nitrogens with zero attached hydrogens (tertiary/aromatic N) is 1. The number of hydrogen-bond donors (Lipinski definition) is 1. The fourth-order valence-corrected chi connectivity index (χ4v) is 4.92. The number of sulfonamides is 2. The zero-order chi connectivity index (χ0) is 17.8. The van der Waals surface area contributed by atoms with Crippen molar-refractivity contribution in [2.24, 2.45) is 0 Å². The van der Waals surface area contributed by atoms with E-state index in [-0.39, 0.29) is 22.2 Å². The summed E-state index contributed by atoms with van der Waals surface area (Å²) in [4.78, 5) is 2.04. The van der Waals surface area contributed by atoms with Crippen LogP contribution in [0.3, 0.4) is 0 Å². The van der Waals surface area contributed by atoms with Crippen LogP contribution < -0.4 is 4.83 Å². The molecular formula is C15H17ClN2O4S2. The van der Waals surface area contributed by atoms with Gasteiger partial charge in [-0.15, -0.1) is 20.8 Å². The summed E-state index contributed by atoms with van der Waals surface area (Å²) in [6.07, 6.45) is 0. The summed E-state index contributed by atoms with van der Waals surface area (Å²) in [6, 6.07) is 13.6. The topological polar surface area (TPSA) is 83.6 Å². The average molecular weight is 389 g/mol. The molecule has 0 unspecified atom stereocenters. The highest BCUT2D eigenvalue weighted by atomic mass is 35.5. The van der Waals surface area contributed by atoms with Gasteiger partial charge in [-0.25, -0.2) is 16.8 Å². The number of aryl methyl sites for hydroxylation is 1. The molecule has 24 heavy (non-hydrogen) atoms. The standard InChI is InChI=1S/C15H17ClN2O4S2/c1-13-7-9-15(10-8-13)24(21,22)18(12-11-16)17-23(19,20)14-5-3-2-4-6-14/h2-10,17H,11-12H2,1H3. The van der Waals surface area contributed by atoms with Crippen LogP contribution in [-0.2, 0) is 20.0 Å². The minimum absolute atomic E-state index is 0.0195. The number of nitrogens with one attached hydrogen (secondary N) is 1. The molecule has 0 atom stereocenters. The lowest BCUT2D eigenvalue weighted by Gasteiger charge is -2.22. The maximum atomic E-state index is 12.7. The Balaban J connectivity index is 2.37. The summed E-state index contributed by atoms with van der Waals surface area (Å²) in [5.74, 6) is -0.0671. The second-order valence-electron chi connectivity index (χ2n) is 4.99. The minimum atomic E-state index is -4.06. The monoisotopic (exact) mass is 388 g/mol. The molecule has 0 bridgehead atoms. The van der Waals surface area contributed by atoms with Gasteiger partial charge in [0.25, 0.3) is 20.0 Å². The molecule has 0 fully saturated rings. The highest BCUT2D eigenvalue weighted by Gasteiger charge is 2.29. The molecule has 0 saturated heterocycles. The average Bonchev–Trinajstić information content (AvgIpc) is 2.55. The first-order chi connectivity index (χ1) is 11.3. The smallest absolute Gasteiger partial charge is 0.206 e. The van der Waals surface area contributed by atoms with Gasteiger partial charge in [-0.3, -0.25) is 0 Å². The van der Waals surface area contributed by atoms with E-state index < -0.39 is 20.0 Å². The number of hydrazine groups is 1. The third-order valence-electron chi connectivity index (χ3n) is 3.17. The summed E-state index contributed by atoms with van der Waals surface area (Å²) >= 11 is 5.65. The molecule has 9 heteroatoms. The molecule has 0 aliphatic heterocycles. The largest absolute Gasteiger partial charge is 0.256 e. The van der Waals surface area contributed by atoms with Gasteiger partial charge in [0.15, 0.2) is 0 Å². The van der Waals surface area contributed by atoms with Crippen LogP contribution in [0.1, 0.15) is 5.56 Å². The fourth-order valence-electron chi connectivity index (χ4n) is 1.92. The Kier molecular flexibility index (Phi) is 6.00. The van der Waals surface area contributed by atoms with Gasteiger partial charge in [-0.05, 0) is 31.2 Å². The highest BCUT2D eigenvalue weighted by Crippen LogP contribution is 2.17. The molecule has 130 valence electrons. The molecule has 0 heterocycles. The SMILES string of the molecule is Cc1ccc(S(=O)(=O)N(CCCl)NS(=O)(=O)c2ccccc2)cc1. The van der Waals surface area contributed by atoms with Crippen LogP contribution in [-0.4, -0.2) is 33.7 Å². The molecule has 2 rings (SSSR count). The van der Waals surface area contributed by atoms with Gasteiger partial charge < -0.3 is 0 Å². The van der Waals surface area contributed by atoms with E-state index in [0.717, 1.165) is 5.56 Å². The summed E-state index contributed by atoms with van der Waals surface area (Å²) in [7, 11) is -8.11. The first kappa shape index (κ1) is 18.9. The predicted octanol–water partition coefficient (Wildman–Crippen LogP) is 2.12. The third-order valence-corrected chi connectivity index (χ3v) is 6.53. The normalized spacial score (nSPS) is 12.5. The molecule has 0 aliphatic rings. The van der Waals surface area contributed by atoms with E-state index in [0.29, 0.717) is 4.41 Å². The van der Waals surface area contributed by atoms with Crippen molar-refractivity contribution < 1.29 is 16.8 Å². The van der Waals surface area contributed by atoms with Crippen molar-refractivity contribution in [3.63, 3.8) is 0 Å². The summed E-state index contributed by atoms with van der Waals surface area (Å²) in [5, 5.41) is 0. The van der Waals surface area contributed by atoms with Crippen LogP contribution in [0, 0.1) is 6.92 Å². The Bertz CT molecular complexity index is 883. The lowest BCUT2D eigenvalue weighted by molar-refractivity contribution is 0.393. The minimum Gasteiger partial charge on any atom is -0.206 e. The van der Waals surface area contributed by atoms with E-state index in [1.165, 1.54) is 24.3 Å². The fraction of sp³-hybridized carbons (Fsp3) is 0.200. The number of benzene rings is 2. The van der Waals surface area contributed by atoms with Gasteiger partial charge in [-0.2, -0.15) is 0 Å². The Morgan fingerprint density at radius 3 is 2.04 bits per heavy atom. The van der Waals surface area contributed by atoms with Gasteiger partial charge in [0.05, 0.1) is 9.79 Å². The summed E-state index contributed by atoms with van der Waals surface area (Å²) < 4.78 is 50.8. The first-order valence-electron chi connectivity index (χ1n) is 7.00. The molecule has 1 N–H and O–H groups in total. The van der Waals surface area contributed by atoms with E-state index in [2.05, 4.69) is 4.83 Å². The molecular weight excluding hydrogens is 372 g/mol. The van der Waals surface area contributed by atoms with Crippen molar-refractivity contribution in [1.29, 1.82) is 0 Å². The molecule has 2 aromatic carbocycles. The predicted molar refractivity (Wildman–Crippen MR) is 92.6 cm³/mol. The van der Waals surface area contributed by atoms with Gasteiger partial charge in [0.1, 0.15) is 0 Å². The zero-order valence-electron chi connectivity index (χ0n) is 12.9. The molecule has 2 aromatic rings. The van der Waals surface area contributed by atoms with Crippen LogP contribution in [0.15, 0.2) is 64.4 Å². The Morgan fingerprint density at radius 1 is 0.917 bits per heavy atom. The number of alkyl halides is 1. The zero-order valence-corrected chi connectivity index (χ0v) is 15.3. The second-order valence-corrected chi connectivity index (χ2v) is 8.89. The Labute approximate surface area is 147 Å². The van der Waals surface area contributed by atoms with E-state index in [4.69, 9.17) is 11.6 Å². The maximum absolute atomic E-state index is 12.7. The number of rotatable bonds is 7. The summed E-state index contributed by atoms with van der Waals surface area (Å²) in [6.45, 7) is 1.62. The van der Waals surface area contributed by atoms with Gasteiger partial charge in [0, 0.05) is 12.4 Å². The Morgan fingerprint density at radius 2 is 1.50 bits per heavy atom. The number of hydrogen-bond acceptors (Lipinski definition) is 4. The third kappa shape index (κ3) is 4.34. The molecule has 0 aliphatic carbocycles. The van der Waals surface area contributed by atoms with Crippen molar-refractivity contribution in [3.05, 3.63) is 60.2 Å². The van der Waals surface area contributed by atoms with Crippen molar-refractivity contribution in [2.45, 2.75) is 16.7 Å². The van der Waals surface area contributed by atoms with E-state index in [1.54, 1.807) is 30.3 Å². The van der Waals surface area contributed by atoms with Crippen LogP contribution in [0.25, 0.3) is 0 Å². The van der Waals surface area contributed by atoms with Crippen LogP contribution in [0.2, 0.25) is 0 Å².